The maximum Gasteiger partial charge on any atom is 0.171 e. The van der Waals surface area contributed by atoms with Crippen molar-refractivity contribution >= 4 is 5.78 Å². The van der Waals surface area contributed by atoms with E-state index in [9.17, 15) is 9.18 Å². The molecular formula is C23H19FN4O2. The normalized spacial score (nSPS) is 10.7. The van der Waals surface area contributed by atoms with E-state index < -0.39 is 0 Å². The van der Waals surface area contributed by atoms with E-state index in [0.717, 1.165) is 22.3 Å². The highest BCUT2D eigenvalue weighted by Crippen LogP contribution is 2.28. The zero-order chi connectivity index (χ0) is 20.9. The highest BCUT2D eigenvalue weighted by atomic mass is 19.1. The van der Waals surface area contributed by atoms with E-state index in [1.54, 1.807) is 47.5 Å². The third kappa shape index (κ3) is 4.57. The van der Waals surface area contributed by atoms with E-state index in [2.05, 4.69) is 15.3 Å². The quantitative estimate of drug-likeness (QED) is 0.437. The summed E-state index contributed by atoms with van der Waals surface area (Å²) in [5.41, 5.74) is 3.82. The molecule has 150 valence electrons. The first kappa shape index (κ1) is 19.4. The highest BCUT2D eigenvalue weighted by Gasteiger charge is 2.16. The summed E-state index contributed by atoms with van der Waals surface area (Å²) >= 11 is 0. The van der Waals surface area contributed by atoms with E-state index in [4.69, 9.17) is 4.74 Å². The Morgan fingerprint density at radius 2 is 1.83 bits per heavy atom. The number of carbonyl (C=O) groups excluding carboxylic acids is 1. The van der Waals surface area contributed by atoms with Crippen molar-refractivity contribution in [3.05, 3.63) is 95.8 Å². The third-order valence-corrected chi connectivity index (χ3v) is 4.64. The van der Waals surface area contributed by atoms with Crippen LogP contribution in [0.4, 0.5) is 4.39 Å². The van der Waals surface area contributed by atoms with Gasteiger partial charge in [-0.1, -0.05) is 18.2 Å². The second kappa shape index (κ2) is 8.65. The van der Waals surface area contributed by atoms with Crippen molar-refractivity contribution in [2.24, 2.45) is 7.05 Å². The van der Waals surface area contributed by atoms with Gasteiger partial charge in [0, 0.05) is 31.4 Å². The maximum atomic E-state index is 13.1. The van der Waals surface area contributed by atoms with Gasteiger partial charge in [-0.15, -0.1) is 0 Å². The number of Topliss-reactive ketones (excluding diaryl/α,β-unsaturated/α-hetero) is 1. The van der Waals surface area contributed by atoms with Gasteiger partial charge in [-0.25, -0.2) is 4.39 Å². The number of ketones is 1. The number of aromatic nitrogens is 4. The van der Waals surface area contributed by atoms with E-state index in [1.807, 2.05) is 25.4 Å². The molecule has 0 N–H and O–H groups in total. The van der Waals surface area contributed by atoms with Gasteiger partial charge in [0.2, 0.25) is 0 Å². The van der Waals surface area contributed by atoms with E-state index in [-0.39, 0.29) is 24.6 Å². The molecule has 7 heteroatoms. The maximum absolute atomic E-state index is 13.1. The lowest BCUT2D eigenvalue weighted by molar-refractivity contribution is 0.0988. The van der Waals surface area contributed by atoms with Gasteiger partial charge in [-0.2, -0.15) is 15.3 Å². The molecule has 2 aromatic carbocycles. The van der Waals surface area contributed by atoms with Crippen molar-refractivity contribution in [2.45, 2.75) is 13.0 Å². The molecule has 4 rings (SSSR count). The Kier molecular flexibility index (Phi) is 5.61. The molecule has 6 nitrogen and oxygen atoms in total. The summed E-state index contributed by atoms with van der Waals surface area (Å²) in [6, 6.07) is 13.3. The number of aryl methyl sites for hydroxylation is 1. The molecule has 0 atom stereocenters. The molecule has 4 aromatic rings. The standard InChI is InChI=1S/C23H19FN4O2/c1-28-14-19(13-27-28)18-4-7-23(30-15-16-2-5-20(24)6-3-16)21(11-18)22(29)10-17-8-9-25-26-12-17/h2-9,11-14H,10,15H2,1H3. The highest BCUT2D eigenvalue weighted by molar-refractivity contribution is 6.01. The molecule has 2 aromatic heterocycles. The summed E-state index contributed by atoms with van der Waals surface area (Å²) in [7, 11) is 1.84. The number of hydrogen-bond donors (Lipinski definition) is 0. The first-order chi connectivity index (χ1) is 14.6. The zero-order valence-corrected chi connectivity index (χ0v) is 16.3. The Hall–Kier alpha value is -3.87. The molecule has 0 fully saturated rings. The van der Waals surface area contributed by atoms with Gasteiger partial charge >= 0.3 is 0 Å². The molecule has 0 aliphatic heterocycles. The first-order valence-corrected chi connectivity index (χ1v) is 9.37. The van der Waals surface area contributed by atoms with E-state index in [0.29, 0.717) is 11.3 Å². The minimum atomic E-state index is -0.304. The minimum Gasteiger partial charge on any atom is -0.488 e. The van der Waals surface area contributed by atoms with Crippen LogP contribution in [0.5, 0.6) is 5.75 Å². The number of ether oxygens (including phenoxy) is 1. The van der Waals surface area contributed by atoms with Crippen LogP contribution in [0.25, 0.3) is 11.1 Å². The lowest BCUT2D eigenvalue weighted by atomic mass is 9.99. The molecule has 30 heavy (non-hydrogen) atoms. The number of hydrogen-bond acceptors (Lipinski definition) is 5. The first-order valence-electron chi connectivity index (χ1n) is 9.37. The molecule has 0 radical (unpaired) electrons. The number of benzene rings is 2. The molecule has 0 aliphatic carbocycles. The number of nitrogens with zero attached hydrogens (tertiary/aromatic N) is 4. The smallest absolute Gasteiger partial charge is 0.171 e. The van der Waals surface area contributed by atoms with Crippen molar-refractivity contribution in [3.63, 3.8) is 0 Å². The SMILES string of the molecule is Cn1cc(-c2ccc(OCc3ccc(F)cc3)c(C(=O)Cc3ccnnc3)c2)cn1. The average Bonchev–Trinajstić information content (AvgIpc) is 3.20. The van der Waals surface area contributed by atoms with Crippen molar-refractivity contribution in [2.75, 3.05) is 0 Å². The summed E-state index contributed by atoms with van der Waals surface area (Å²) in [6.45, 7) is 0.226. The fourth-order valence-corrected chi connectivity index (χ4v) is 3.07. The lowest BCUT2D eigenvalue weighted by Gasteiger charge is -2.13. The molecule has 0 aliphatic rings. The monoisotopic (exact) mass is 402 g/mol. The number of carbonyl (C=O) groups is 1. The van der Waals surface area contributed by atoms with Crippen molar-refractivity contribution in [1.82, 2.24) is 20.0 Å². The molecule has 0 amide bonds. The predicted molar refractivity (Wildman–Crippen MR) is 109 cm³/mol. The topological polar surface area (TPSA) is 69.9 Å². The second-order valence-corrected chi connectivity index (χ2v) is 6.88. The van der Waals surface area contributed by atoms with Crippen LogP contribution in [0.1, 0.15) is 21.5 Å². The lowest BCUT2D eigenvalue weighted by Crippen LogP contribution is -2.08. The molecular weight excluding hydrogens is 383 g/mol. The summed E-state index contributed by atoms with van der Waals surface area (Å²) < 4.78 is 20.8. The van der Waals surface area contributed by atoms with Gasteiger partial charge in [0.1, 0.15) is 18.2 Å². The Morgan fingerprint density at radius 1 is 1.00 bits per heavy atom. The Bertz CT molecular complexity index is 1160. The summed E-state index contributed by atoms with van der Waals surface area (Å²) in [6.07, 6.45) is 6.94. The van der Waals surface area contributed by atoms with Crippen molar-refractivity contribution in [1.29, 1.82) is 0 Å². The number of halogens is 1. The van der Waals surface area contributed by atoms with Crippen molar-refractivity contribution in [3.8, 4) is 16.9 Å². The summed E-state index contributed by atoms with van der Waals surface area (Å²) in [5, 5.41) is 11.8. The summed E-state index contributed by atoms with van der Waals surface area (Å²) in [4.78, 5) is 13.1. The fraction of sp³-hybridized carbons (Fsp3) is 0.130. The molecule has 0 saturated heterocycles. The van der Waals surface area contributed by atoms with E-state index >= 15 is 0 Å². The third-order valence-electron chi connectivity index (χ3n) is 4.64. The van der Waals surface area contributed by atoms with Crippen LogP contribution in [0, 0.1) is 5.82 Å². The van der Waals surface area contributed by atoms with Crippen LogP contribution in [-0.4, -0.2) is 25.8 Å². The second-order valence-electron chi connectivity index (χ2n) is 6.88. The summed E-state index contributed by atoms with van der Waals surface area (Å²) in [5.74, 6) is 0.0724. The molecule has 2 heterocycles. The van der Waals surface area contributed by atoms with Crippen LogP contribution in [0.2, 0.25) is 0 Å². The number of rotatable bonds is 7. The van der Waals surface area contributed by atoms with Gasteiger partial charge in [0.15, 0.2) is 5.78 Å². The average molecular weight is 402 g/mol. The molecule has 0 bridgehead atoms. The van der Waals surface area contributed by atoms with E-state index in [1.165, 1.54) is 12.1 Å². The Labute approximate surface area is 173 Å². The van der Waals surface area contributed by atoms with Crippen LogP contribution >= 0.6 is 0 Å². The van der Waals surface area contributed by atoms with Crippen LogP contribution < -0.4 is 4.74 Å². The van der Waals surface area contributed by atoms with Crippen LogP contribution in [0.15, 0.2) is 73.3 Å². The molecule has 0 unspecified atom stereocenters. The van der Waals surface area contributed by atoms with Crippen LogP contribution in [-0.2, 0) is 20.1 Å². The van der Waals surface area contributed by atoms with Gasteiger partial charge in [0.05, 0.1) is 18.0 Å². The molecule has 0 saturated carbocycles. The molecule has 0 spiro atoms. The van der Waals surface area contributed by atoms with Gasteiger partial charge in [0.25, 0.3) is 0 Å². The Morgan fingerprint density at radius 3 is 2.53 bits per heavy atom. The largest absolute Gasteiger partial charge is 0.488 e. The Balaban J connectivity index is 1.63. The van der Waals surface area contributed by atoms with Gasteiger partial charge in [-0.05, 0) is 47.0 Å². The minimum absolute atomic E-state index is 0.0946. The fourth-order valence-electron chi connectivity index (χ4n) is 3.07. The van der Waals surface area contributed by atoms with Gasteiger partial charge in [-0.3, -0.25) is 9.48 Å². The van der Waals surface area contributed by atoms with Crippen molar-refractivity contribution < 1.29 is 13.9 Å². The van der Waals surface area contributed by atoms with Gasteiger partial charge < -0.3 is 4.74 Å². The van der Waals surface area contributed by atoms with Crippen LogP contribution in [0.3, 0.4) is 0 Å². The predicted octanol–water partition coefficient (Wildman–Crippen LogP) is 4.02. The zero-order valence-electron chi connectivity index (χ0n) is 16.3.